The van der Waals surface area contributed by atoms with Gasteiger partial charge in [-0.15, -0.1) is 0 Å². The molecular weight excluding hydrogens is 456 g/mol. The second-order valence-corrected chi connectivity index (χ2v) is 10.8. The highest BCUT2D eigenvalue weighted by Gasteiger charge is 2.42. The molecule has 202 valence electrons. The van der Waals surface area contributed by atoms with Crippen LogP contribution in [-0.2, 0) is 14.3 Å². The molecule has 36 heavy (non-hydrogen) atoms. The maximum Gasteiger partial charge on any atom is 0.305 e. The Hall–Kier alpha value is -1.72. The summed E-state index contributed by atoms with van der Waals surface area (Å²) >= 11 is 0. The Morgan fingerprint density at radius 1 is 1.28 bits per heavy atom. The molecule has 0 radical (unpaired) electrons. The number of aliphatic hydroxyl groups is 2. The zero-order chi connectivity index (χ0) is 25.8. The molecule has 2 aliphatic carbocycles. The lowest BCUT2D eigenvalue weighted by Crippen LogP contribution is -2.40. The molecular formula is C29H46N2O5. The van der Waals surface area contributed by atoms with Crippen molar-refractivity contribution < 1.29 is 24.5 Å². The number of carbonyl (C=O) groups excluding carboxylic acids is 1. The number of hydrogen-bond donors (Lipinski definition) is 2. The molecule has 5 atom stereocenters. The van der Waals surface area contributed by atoms with Gasteiger partial charge in [0.2, 0.25) is 0 Å². The third kappa shape index (κ3) is 8.14. The van der Waals surface area contributed by atoms with Gasteiger partial charge in [-0.05, 0) is 62.7 Å². The normalized spacial score (nSPS) is 29.3. The summed E-state index contributed by atoms with van der Waals surface area (Å²) in [5.41, 5.74) is 0.0745. The monoisotopic (exact) mass is 502 g/mol. The summed E-state index contributed by atoms with van der Waals surface area (Å²) in [4.78, 5) is 14.2. The van der Waals surface area contributed by atoms with Gasteiger partial charge in [0.25, 0.3) is 0 Å². The number of unbranched alkanes of at least 4 members (excludes halogenated alkanes) is 1. The third-order valence-corrected chi connectivity index (χ3v) is 8.70. The van der Waals surface area contributed by atoms with Crippen LogP contribution in [0.25, 0.3) is 0 Å². The van der Waals surface area contributed by atoms with Crippen LogP contribution in [0.3, 0.4) is 0 Å². The minimum absolute atomic E-state index is 0.0630. The highest BCUT2D eigenvalue weighted by atomic mass is 16.5. The number of allylic oxidation sites excluding steroid dienone is 2. The first-order valence-electron chi connectivity index (χ1n) is 14.0. The van der Waals surface area contributed by atoms with E-state index >= 15 is 0 Å². The van der Waals surface area contributed by atoms with Crippen LogP contribution < -0.4 is 0 Å². The number of esters is 1. The van der Waals surface area contributed by atoms with Crippen molar-refractivity contribution in [1.82, 2.24) is 4.90 Å². The zero-order valence-electron chi connectivity index (χ0n) is 22.0. The van der Waals surface area contributed by atoms with Crippen LogP contribution in [0.2, 0.25) is 0 Å². The van der Waals surface area contributed by atoms with Gasteiger partial charge in [-0.3, -0.25) is 9.69 Å². The fraction of sp³-hybridized carbons (Fsp3) is 0.793. The first-order chi connectivity index (χ1) is 17.5. The van der Waals surface area contributed by atoms with Gasteiger partial charge in [0.1, 0.15) is 6.61 Å². The van der Waals surface area contributed by atoms with Crippen molar-refractivity contribution in [2.75, 3.05) is 39.5 Å². The fourth-order valence-electron chi connectivity index (χ4n) is 5.98. The van der Waals surface area contributed by atoms with E-state index in [2.05, 4.69) is 30.0 Å². The van der Waals surface area contributed by atoms with Crippen molar-refractivity contribution in [2.24, 2.45) is 23.2 Å². The number of rotatable bonds is 14. The van der Waals surface area contributed by atoms with Gasteiger partial charge in [0.05, 0.1) is 37.4 Å². The quantitative estimate of drug-likeness (QED) is 0.210. The Kier molecular flexibility index (Phi) is 11.9. The molecule has 2 saturated carbocycles. The average Bonchev–Trinajstić information content (AvgIpc) is 3.16. The van der Waals surface area contributed by atoms with E-state index in [1.807, 2.05) is 12.2 Å². The first kappa shape index (κ1) is 28.8. The molecule has 3 rings (SSSR count). The van der Waals surface area contributed by atoms with Gasteiger partial charge in [-0.25, -0.2) is 0 Å². The highest BCUT2D eigenvalue weighted by molar-refractivity contribution is 5.69. The summed E-state index contributed by atoms with van der Waals surface area (Å²) in [6.07, 6.45) is 15.6. The minimum Gasteiger partial charge on any atom is -0.464 e. The molecule has 0 bridgehead atoms. The summed E-state index contributed by atoms with van der Waals surface area (Å²) in [6.45, 7) is 6.62. The van der Waals surface area contributed by atoms with E-state index in [4.69, 9.17) is 9.47 Å². The summed E-state index contributed by atoms with van der Waals surface area (Å²) in [5.74, 6) is -0.311. The summed E-state index contributed by atoms with van der Waals surface area (Å²) in [5, 5.41) is 30.9. The van der Waals surface area contributed by atoms with Crippen molar-refractivity contribution in [2.45, 2.75) is 83.3 Å². The zero-order valence-corrected chi connectivity index (χ0v) is 22.0. The van der Waals surface area contributed by atoms with Crippen molar-refractivity contribution in [3.05, 3.63) is 24.3 Å². The molecule has 0 aromatic rings. The van der Waals surface area contributed by atoms with Crippen LogP contribution in [0.15, 0.2) is 24.3 Å². The van der Waals surface area contributed by atoms with Crippen LogP contribution in [0, 0.1) is 34.5 Å². The third-order valence-electron chi connectivity index (χ3n) is 8.70. The van der Waals surface area contributed by atoms with Gasteiger partial charge >= 0.3 is 5.97 Å². The highest BCUT2D eigenvalue weighted by Crippen LogP contribution is 2.48. The molecule has 0 amide bonds. The second-order valence-electron chi connectivity index (χ2n) is 10.8. The minimum atomic E-state index is -0.516. The largest absolute Gasteiger partial charge is 0.464 e. The Morgan fingerprint density at radius 3 is 2.72 bits per heavy atom. The summed E-state index contributed by atoms with van der Waals surface area (Å²) in [6, 6.07) is 2.39. The molecule has 3 fully saturated rings. The van der Waals surface area contributed by atoms with Crippen molar-refractivity contribution in [3.8, 4) is 6.07 Å². The number of hydrogen-bond acceptors (Lipinski definition) is 7. The first-order valence-corrected chi connectivity index (χ1v) is 14.0. The van der Waals surface area contributed by atoms with E-state index in [1.165, 1.54) is 6.42 Å². The predicted molar refractivity (Wildman–Crippen MR) is 139 cm³/mol. The molecule has 0 aromatic carbocycles. The van der Waals surface area contributed by atoms with Crippen molar-refractivity contribution in [1.29, 1.82) is 5.26 Å². The topological polar surface area (TPSA) is 103 Å². The van der Waals surface area contributed by atoms with Gasteiger partial charge < -0.3 is 19.7 Å². The maximum atomic E-state index is 12.0. The van der Waals surface area contributed by atoms with E-state index in [0.29, 0.717) is 25.9 Å². The number of morpholine rings is 1. The molecule has 7 nitrogen and oxygen atoms in total. The predicted octanol–water partition coefficient (Wildman–Crippen LogP) is 4.00. The number of ether oxygens (including phenoxy) is 2. The summed E-state index contributed by atoms with van der Waals surface area (Å²) < 4.78 is 10.7. The van der Waals surface area contributed by atoms with E-state index in [0.717, 1.165) is 71.4 Å². The molecule has 7 heteroatoms. The van der Waals surface area contributed by atoms with Gasteiger partial charge in [-0.2, -0.15) is 5.26 Å². The van der Waals surface area contributed by atoms with Gasteiger partial charge in [-0.1, -0.05) is 37.6 Å². The number of nitrogens with zero attached hydrogens (tertiary/aromatic N) is 2. The fourth-order valence-corrected chi connectivity index (χ4v) is 5.98. The number of aliphatic hydroxyl groups excluding tert-OH is 2. The van der Waals surface area contributed by atoms with E-state index in [1.54, 1.807) is 0 Å². The van der Waals surface area contributed by atoms with E-state index in [9.17, 15) is 20.3 Å². The Labute approximate surface area is 217 Å². The Bertz CT molecular complexity index is 761. The molecule has 0 aromatic heterocycles. The number of nitriles is 1. The molecule has 2 N–H and O–H groups in total. The van der Waals surface area contributed by atoms with Crippen molar-refractivity contribution >= 4 is 5.97 Å². The lowest BCUT2D eigenvalue weighted by Gasteiger charge is -2.45. The molecule has 1 heterocycles. The maximum absolute atomic E-state index is 12.0. The molecule has 3 aliphatic rings. The molecule has 1 unspecified atom stereocenters. The smallest absolute Gasteiger partial charge is 0.305 e. The van der Waals surface area contributed by atoms with Gasteiger partial charge in [0, 0.05) is 32.0 Å². The summed E-state index contributed by atoms with van der Waals surface area (Å²) in [7, 11) is 0. The van der Waals surface area contributed by atoms with Gasteiger partial charge in [0.15, 0.2) is 0 Å². The van der Waals surface area contributed by atoms with Crippen LogP contribution in [-0.4, -0.2) is 72.7 Å². The van der Waals surface area contributed by atoms with E-state index < -0.39 is 6.10 Å². The van der Waals surface area contributed by atoms with Crippen LogP contribution in [0.4, 0.5) is 0 Å². The van der Waals surface area contributed by atoms with E-state index in [-0.39, 0.29) is 35.2 Å². The standard InChI is InChI=1S/C29H46N2O5/c1-2-29(13-8-14-29)27(33)11-7-10-25-24(23(22-30)21-26(25)32)9-5-3-4-6-12-28(34)36-20-17-31-15-18-35-19-16-31/h3,5,7,10,23-27,32-33H,2,4,6,8-9,11-21H2,1H3/b5-3-,10-7+/t23-,24-,25+,26+,27?/m0/s1. The number of carbonyl (C=O) groups is 1. The molecule has 0 spiro atoms. The van der Waals surface area contributed by atoms with Crippen LogP contribution >= 0.6 is 0 Å². The Morgan fingerprint density at radius 2 is 2.06 bits per heavy atom. The Balaban J connectivity index is 1.35. The molecule has 1 saturated heterocycles. The lowest BCUT2D eigenvalue weighted by molar-refractivity contribution is -0.144. The molecule has 1 aliphatic heterocycles. The average molecular weight is 503 g/mol. The second kappa shape index (κ2) is 14.9. The SMILES string of the molecule is CCC1(C(O)C/C=C/[C@@H]2[C@@H](C/C=C\CCCC(=O)OCCN3CCOCC3)[C@H](C#N)C[C@H]2O)CCC1. The van der Waals surface area contributed by atoms with Crippen LogP contribution in [0.5, 0.6) is 0 Å². The lowest BCUT2D eigenvalue weighted by atomic mass is 9.63. The van der Waals surface area contributed by atoms with Crippen LogP contribution in [0.1, 0.15) is 71.1 Å². The van der Waals surface area contributed by atoms with Crippen molar-refractivity contribution in [3.63, 3.8) is 0 Å².